The summed E-state index contributed by atoms with van der Waals surface area (Å²) in [6, 6.07) is 9.42. The van der Waals surface area contributed by atoms with Gasteiger partial charge in [-0.25, -0.2) is 9.97 Å². The van der Waals surface area contributed by atoms with Crippen molar-refractivity contribution in [1.29, 1.82) is 0 Å². The van der Waals surface area contributed by atoms with Gasteiger partial charge in [0.15, 0.2) is 5.76 Å². The summed E-state index contributed by atoms with van der Waals surface area (Å²) in [6.07, 6.45) is 0. The highest BCUT2D eigenvalue weighted by molar-refractivity contribution is 7.21. The molecular formula is C15H11N5O2S. The normalized spacial score (nSPS) is 11.3. The number of fused-ring (bicyclic) bond motifs is 2. The lowest BCUT2D eigenvalue weighted by atomic mass is 10.1. The van der Waals surface area contributed by atoms with E-state index in [1.54, 1.807) is 0 Å². The van der Waals surface area contributed by atoms with Crippen molar-refractivity contribution in [2.75, 3.05) is 11.5 Å². The molecule has 3 heterocycles. The largest absolute Gasteiger partial charge is 0.454 e. The van der Waals surface area contributed by atoms with Crippen LogP contribution in [0.3, 0.4) is 0 Å². The van der Waals surface area contributed by atoms with Gasteiger partial charge < -0.3 is 21.6 Å². The second-order valence-corrected chi connectivity index (χ2v) is 5.97. The van der Waals surface area contributed by atoms with Crippen LogP contribution in [-0.4, -0.2) is 15.9 Å². The average Bonchev–Trinajstić information content (AvgIpc) is 3.08. The fourth-order valence-corrected chi connectivity index (χ4v) is 3.45. The fraction of sp³-hybridized carbons (Fsp3) is 0. The number of nitrogen functional groups attached to an aromatic ring is 2. The first-order valence-corrected chi connectivity index (χ1v) is 7.50. The number of para-hydroxylation sites is 1. The monoisotopic (exact) mass is 325 g/mol. The van der Waals surface area contributed by atoms with E-state index in [0.717, 1.165) is 22.3 Å². The minimum absolute atomic E-state index is 0.0743. The van der Waals surface area contributed by atoms with Gasteiger partial charge >= 0.3 is 0 Å². The highest BCUT2D eigenvalue weighted by Gasteiger charge is 2.22. The summed E-state index contributed by atoms with van der Waals surface area (Å²) in [4.78, 5) is 20.6. The van der Waals surface area contributed by atoms with Gasteiger partial charge in [-0.1, -0.05) is 18.2 Å². The van der Waals surface area contributed by atoms with E-state index in [2.05, 4.69) is 9.97 Å². The van der Waals surface area contributed by atoms with Crippen LogP contribution in [0.1, 0.15) is 9.67 Å². The Morgan fingerprint density at radius 2 is 1.96 bits per heavy atom. The second kappa shape index (κ2) is 4.68. The molecule has 0 aliphatic rings. The summed E-state index contributed by atoms with van der Waals surface area (Å²) in [5.74, 6) is -0.0318. The van der Waals surface area contributed by atoms with Gasteiger partial charge in [0.25, 0.3) is 5.91 Å². The number of nitrogens with two attached hydrogens (primary N) is 3. The molecule has 0 radical (unpaired) electrons. The Bertz CT molecular complexity index is 1050. The number of anilines is 2. The molecule has 0 unspecified atom stereocenters. The molecule has 4 rings (SSSR count). The van der Waals surface area contributed by atoms with E-state index >= 15 is 0 Å². The van der Waals surface area contributed by atoms with E-state index in [1.807, 2.05) is 30.3 Å². The lowest BCUT2D eigenvalue weighted by Crippen LogP contribution is -2.10. The zero-order chi connectivity index (χ0) is 16.1. The van der Waals surface area contributed by atoms with E-state index in [4.69, 9.17) is 21.6 Å². The summed E-state index contributed by atoms with van der Waals surface area (Å²) in [5.41, 5.74) is 18.6. The second-order valence-electron chi connectivity index (χ2n) is 4.97. The lowest BCUT2D eigenvalue weighted by Gasteiger charge is -2.01. The first-order chi connectivity index (χ1) is 11.0. The van der Waals surface area contributed by atoms with Crippen LogP contribution in [0.4, 0.5) is 11.6 Å². The molecule has 0 aliphatic heterocycles. The summed E-state index contributed by atoms with van der Waals surface area (Å²) in [7, 11) is 0. The first-order valence-electron chi connectivity index (χ1n) is 6.69. The minimum Gasteiger partial charge on any atom is -0.454 e. The molecule has 0 aliphatic carbocycles. The Morgan fingerprint density at radius 3 is 2.70 bits per heavy atom. The van der Waals surface area contributed by atoms with Crippen molar-refractivity contribution in [2.45, 2.75) is 0 Å². The number of hydrogen-bond donors (Lipinski definition) is 3. The molecular weight excluding hydrogens is 314 g/mol. The van der Waals surface area contributed by atoms with Crippen LogP contribution in [0.5, 0.6) is 0 Å². The highest BCUT2D eigenvalue weighted by atomic mass is 32.1. The topological polar surface area (TPSA) is 134 Å². The van der Waals surface area contributed by atoms with Crippen LogP contribution < -0.4 is 17.2 Å². The molecule has 1 amide bonds. The van der Waals surface area contributed by atoms with Crippen molar-refractivity contribution in [3.8, 4) is 11.5 Å². The summed E-state index contributed by atoms with van der Waals surface area (Å²) in [6.45, 7) is 0. The first kappa shape index (κ1) is 13.5. The van der Waals surface area contributed by atoms with Crippen molar-refractivity contribution < 1.29 is 9.21 Å². The molecule has 23 heavy (non-hydrogen) atoms. The average molecular weight is 325 g/mol. The Morgan fingerprint density at radius 1 is 1.17 bits per heavy atom. The summed E-state index contributed by atoms with van der Waals surface area (Å²) >= 11 is 1.09. The van der Waals surface area contributed by atoms with Gasteiger partial charge in [-0.2, -0.15) is 0 Å². The zero-order valence-corrected chi connectivity index (χ0v) is 12.6. The number of carbonyl (C=O) groups is 1. The van der Waals surface area contributed by atoms with Crippen molar-refractivity contribution in [3.63, 3.8) is 0 Å². The Labute approximate surface area is 133 Å². The third-order valence-corrected chi connectivity index (χ3v) is 4.60. The molecule has 1 aromatic carbocycles. The number of furan rings is 1. The number of rotatable bonds is 2. The van der Waals surface area contributed by atoms with Crippen LogP contribution >= 0.6 is 11.3 Å². The number of thiophene rings is 1. The van der Waals surface area contributed by atoms with Crippen LogP contribution in [0.2, 0.25) is 0 Å². The maximum absolute atomic E-state index is 11.5. The van der Waals surface area contributed by atoms with Crippen LogP contribution in [-0.2, 0) is 0 Å². The van der Waals surface area contributed by atoms with Crippen LogP contribution in [0.25, 0.3) is 32.6 Å². The molecule has 0 bridgehead atoms. The fourth-order valence-electron chi connectivity index (χ4n) is 2.50. The summed E-state index contributed by atoms with van der Waals surface area (Å²) < 4.78 is 5.83. The molecule has 0 spiro atoms. The predicted octanol–water partition coefficient (Wildman–Crippen LogP) is 2.37. The molecule has 0 saturated heterocycles. The molecule has 8 heteroatoms. The van der Waals surface area contributed by atoms with E-state index in [9.17, 15) is 4.79 Å². The van der Waals surface area contributed by atoms with Gasteiger partial charge in [-0.15, -0.1) is 11.3 Å². The third-order valence-electron chi connectivity index (χ3n) is 3.49. The Kier molecular flexibility index (Phi) is 2.75. The number of primary amides is 1. The molecule has 3 aromatic heterocycles. The van der Waals surface area contributed by atoms with Crippen LogP contribution in [0.15, 0.2) is 34.7 Å². The van der Waals surface area contributed by atoms with E-state index in [0.29, 0.717) is 21.7 Å². The number of nitrogens with zero attached hydrogens (tertiary/aromatic N) is 2. The standard InChI is InChI=1S/C15H11N5O2S/c16-10-9-11(8-5-6-3-1-2-4-7(6)22-8)19-15(18)20-14(9)23-12(10)13(17)21/h1-5H,16H2,(H2,17,21)(H2,18,19,20). The number of aromatic nitrogens is 2. The molecule has 7 nitrogen and oxygen atoms in total. The van der Waals surface area contributed by atoms with Crippen LogP contribution in [0, 0.1) is 0 Å². The van der Waals surface area contributed by atoms with Gasteiger partial charge in [0.1, 0.15) is 21.0 Å². The number of hydrogen-bond acceptors (Lipinski definition) is 7. The van der Waals surface area contributed by atoms with E-state index < -0.39 is 5.91 Å². The predicted molar refractivity (Wildman–Crippen MR) is 90.0 cm³/mol. The highest BCUT2D eigenvalue weighted by Crippen LogP contribution is 2.39. The Hall–Kier alpha value is -3.13. The molecule has 114 valence electrons. The van der Waals surface area contributed by atoms with Gasteiger partial charge in [-0.05, 0) is 12.1 Å². The van der Waals surface area contributed by atoms with Crippen molar-refractivity contribution in [2.24, 2.45) is 5.73 Å². The van der Waals surface area contributed by atoms with Crippen molar-refractivity contribution >= 4 is 50.1 Å². The molecule has 4 aromatic rings. The summed E-state index contributed by atoms with van der Waals surface area (Å²) in [5, 5.41) is 1.45. The molecule has 0 atom stereocenters. The maximum Gasteiger partial charge on any atom is 0.260 e. The van der Waals surface area contributed by atoms with E-state index in [1.165, 1.54) is 0 Å². The number of amides is 1. The Balaban J connectivity index is 2.07. The molecule has 0 saturated carbocycles. The maximum atomic E-state index is 11.5. The van der Waals surface area contributed by atoms with Gasteiger partial charge in [0, 0.05) is 5.39 Å². The lowest BCUT2D eigenvalue weighted by molar-refractivity contribution is 0.100. The molecule has 0 fully saturated rings. The zero-order valence-electron chi connectivity index (χ0n) is 11.7. The van der Waals surface area contributed by atoms with Gasteiger partial charge in [-0.3, -0.25) is 4.79 Å². The molecule has 6 N–H and O–H groups in total. The van der Waals surface area contributed by atoms with Gasteiger partial charge in [0.05, 0.1) is 11.1 Å². The van der Waals surface area contributed by atoms with E-state index in [-0.39, 0.29) is 16.5 Å². The quantitative estimate of drug-likeness (QED) is 0.518. The van der Waals surface area contributed by atoms with Crippen molar-refractivity contribution in [3.05, 3.63) is 35.2 Å². The third kappa shape index (κ3) is 2.00. The number of carbonyl (C=O) groups excluding carboxylic acids is 1. The smallest absolute Gasteiger partial charge is 0.260 e. The SMILES string of the molecule is NC(=O)c1sc2nc(N)nc(-c3cc4ccccc4o3)c2c1N. The van der Waals surface area contributed by atoms with Gasteiger partial charge in [0.2, 0.25) is 5.95 Å². The van der Waals surface area contributed by atoms with Crippen molar-refractivity contribution in [1.82, 2.24) is 9.97 Å². The minimum atomic E-state index is -0.611. The number of benzene rings is 1.